The van der Waals surface area contributed by atoms with Gasteiger partial charge in [0.2, 0.25) is 0 Å². The Hall–Kier alpha value is -2.50. The van der Waals surface area contributed by atoms with E-state index in [9.17, 15) is 0 Å². The molecule has 0 unspecified atom stereocenters. The minimum absolute atomic E-state index is 0.343. The van der Waals surface area contributed by atoms with Crippen LogP contribution in [0, 0.1) is 12.3 Å². The molecule has 3 N–H and O–H groups in total. The van der Waals surface area contributed by atoms with E-state index in [0.717, 1.165) is 16.8 Å². The number of ether oxygens (including phenoxy) is 2. The van der Waals surface area contributed by atoms with Crippen LogP contribution >= 0.6 is 0 Å². The first-order chi connectivity index (χ1) is 9.56. The van der Waals surface area contributed by atoms with Gasteiger partial charge in [-0.3, -0.25) is 10.5 Å². The molecule has 0 saturated carbocycles. The Morgan fingerprint density at radius 2 is 1.95 bits per heavy atom. The van der Waals surface area contributed by atoms with Crippen LogP contribution in [0.2, 0.25) is 0 Å². The molecule has 0 bridgehead atoms. The summed E-state index contributed by atoms with van der Waals surface area (Å²) in [6.45, 7) is 3.58. The number of benzene rings is 1. The Morgan fingerprint density at radius 1 is 1.25 bits per heavy atom. The third kappa shape index (κ3) is 2.59. The lowest BCUT2D eigenvalue weighted by molar-refractivity contribution is 0.355. The molecule has 0 aliphatic heterocycles. The molecule has 1 heterocycles. The minimum Gasteiger partial charge on any atom is -0.493 e. The van der Waals surface area contributed by atoms with Crippen LogP contribution < -0.4 is 14.8 Å². The number of rotatable bonds is 4. The number of nitrogens with zero attached hydrogens (tertiary/aromatic N) is 1. The van der Waals surface area contributed by atoms with E-state index in [-0.39, 0.29) is 0 Å². The second kappa shape index (κ2) is 5.64. The molecule has 2 aromatic rings. The SMILES string of the molecule is COc1ccc(-c2c(C)n[nH]c2NC(C)=N)cc1OC. The molecule has 0 aliphatic rings. The van der Waals surface area contributed by atoms with Gasteiger partial charge in [-0.2, -0.15) is 5.10 Å². The fraction of sp³-hybridized carbons (Fsp3) is 0.286. The van der Waals surface area contributed by atoms with E-state index in [1.807, 2.05) is 25.1 Å². The average molecular weight is 274 g/mol. The van der Waals surface area contributed by atoms with E-state index in [2.05, 4.69) is 15.5 Å². The van der Waals surface area contributed by atoms with E-state index in [1.54, 1.807) is 21.1 Å². The fourth-order valence-electron chi connectivity index (χ4n) is 2.06. The highest BCUT2D eigenvalue weighted by molar-refractivity contribution is 5.95. The zero-order valence-electron chi connectivity index (χ0n) is 12.0. The van der Waals surface area contributed by atoms with Crippen LogP contribution in [-0.4, -0.2) is 30.3 Å². The van der Waals surface area contributed by atoms with Crippen LogP contribution in [0.15, 0.2) is 18.2 Å². The number of amidine groups is 1. The van der Waals surface area contributed by atoms with Crippen molar-refractivity contribution in [3.63, 3.8) is 0 Å². The zero-order valence-corrected chi connectivity index (χ0v) is 12.0. The second-order valence-corrected chi connectivity index (χ2v) is 4.38. The van der Waals surface area contributed by atoms with E-state index >= 15 is 0 Å². The summed E-state index contributed by atoms with van der Waals surface area (Å²) in [5, 5.41) is 17.6. The van der Waals surface area contributed by atoms with Crippen molar-refractivity contribution in [2.24, 2.45) is 0 Å². The van der Waals surface area contributed by atoms with Gasteiger partial charge in [0, 0.05) is 5.56 Å². The van der Waals surface area contributed by atoms with Crippen molar-refractivity contribution >= 4 is 11.7 Å². The predicted octanol–water partition coefficient (Wildman–Crippen LogP) is 2.81. The lowest BCUT2D eigenvalue weighted by Gasteiger charge is -2.11. The van der Waals surface area contributed by atoms with Gasteiger partial charge >= 0.3 is 0 Å². The van der Waals surface area contributed by atoms with Crippen molar-refractivity contribution in [2.75, 3.05) is 19.5 Å². The number of nitrogens with one attached hydrogen (secondary N) is 3. The zero-order chi connectivity index (χ0) is 14.7. The number of hydrogen-bond donors (Lipinski definition) is 3. The number of anilines is 1. The molecule has 106 valence electrons. The lowest BCUT2D eigenvalue weighted by Crippen LogP contribution is -2.06. The summed E-state index contributed by atoms with van der Waals surface area (Å²) in [5.74, 6) is 2.37. The molecule has 0 amide bonds. The first-order valence-electron chi connectivity index (χ1n) is 6.16. The van der Waals surface area contributed by atoms with Crippen molar-refractivity contribution in [3.8, 4) is 22.6 Å². The normalized spacial score (nSPS) is 10.2. The minimum atomic E-state index is 0.343. The first-order valence-corrected chi connectivity index (χ1v) is 6.16. The highest BCUT2D eigenvalue weighted by atomic mass is 16.5. The molecular weight excluding hydrogens is 256 g/mol. The molecule has 0 saturated heterocycles. The van der Waals surface area contributed by atoms with Gasteiger partial charge in [-0.1, -0.05) is 6.07 Å². The van der Waals surface area contributed by atoms with Gasteiger partial charge in [0.15, 0.2) is 11.5 Å². The summed E-state index contributed by atoms with van der Waals surface area (Å²) in [5.41, 5.74) is 2.70. The molecular formula is C14H18N4O2. The van der Waals surface area contributed by atoms with E-state index in [1.165, 1.54) is 0 Å². The van der Waals surface area contributed by atoms with E-state index in [0.29, 0.717) is 23.2 Å². The summed E-state index contributed by atoms with van der Waals surface area (Å²) in [7, 11) is 3.21. The van der Waals surface area contributed by atoms with Crippen LogP contribution in [0.1, 0.15) is 12.6 Å². The summed E-state index contributed by atoms with van der Waals surface area (Å²) >= 11 is 0. The highest BCUT2D eigenvalue weighted by Crippen LogP contribution is 2.36. The van der Waals surface area contributed by atoms with Gasteiger partial charge < -0.3 is 14.8 Å². The molecule has 1 aromatic heterocycles. The van der Waals surface area contributed by atoms with Crippen molar-refractivity contribution in [3.05, 3.63) is 23.9 Å². The number of aryl methyl sites for hydroxylation is 1. The third-order valence-electron chi connectivity index (χ3n) is 2.93. The Balaban J connectivity index is 2.51. The molecule has 6 nitrogen and oxygen atoms in total. The maximum absolute atomic E-state index is 7.54. The van der Waals surface area contributed by atoms with E-state index < -0.39 is 0 Å². The standard InChI is InChI=1S/C14H18N4O2/c1-8-13(14(18-17-8)16-9(2)15)10-5-6-11(19-3)12(7-10)20-4/h5-7H,1-4H3,(H3,15,16,17,18). The van der Waals surface area contributed by atoms with Crippen LogP contribution in [0.3, 0.4) is 0 Å². The van der Waals surface area contributed by atoms with Gasteiger partial charge in [-0.15, -0.1) is 0 Å². The van der Waals surface area contributed by atoms with Crippen molar-refractivity contribution in [1.29, 1.82) is 5.41 Å². The monoisotopic (exact) mass is 274 g/mol. The van der Waals surface area contributed by atoms with Crippen LogP contribution in [0.4, 0.5) is 5.82 Å². The first kappa shape index (κ1) is 13.9. The Morgan fingerprint density at radius 3 is 2.55 bits per heavy atom. The van der Waals surface area contributed by atoms with Crippen molar-refractivity contribution in [1.82, 2.24) is 10.2 Å². The van der Waals surface area contributed by atoms with E-state index in [4.69, 9.17) is 14.9 Å². The Bertz CT molecular complexity index is 634. The third-order valence-corrected chi connectivity index (χ3v) is 2.93. The summed E-state index contributed by atoms with van der Waals surface area (Å²) < 4.78 is 10.6. The topological polar surface area (TPSA) is 83.0 Å². The van der Waals surface area contributed by atoms with Gasteiger partial charge in [0.1, 0.15) is 5.82 Å². The van der Waals surface area contributed by atoms with Crippen LogP contribution in [0.5, 0.6) is 11.5 Å². The molecule has 6 heteroatoms. The summed E-state index contributed by atoms with van der Waals surface area (Å²) in [6, 6.07) is 5.67. The maximum atomic E-state index is 7.54. The Labute approximate surface area is 117 Å². The fourth-order valence-corrected chi connectivity index (χ4v) is 2.06. The Kier molecular flexibility index (Phi) is 3.93. The number of aromatic amines is 1. The summed E-state index contributed by atoms with van der Waals surface area (Å²) in [4.78, 5) is 0. The smallest absolute Gasteiger partial charge is 0.161 e. The van der Waals surface area contributed by atoms with Gasteiger partial charge in [-0.25, -0.2) is 0 Å². The van der Waals surface area contributed by atoms with Gasteiger partial charge in [0.25, 0.3) is 0 Å². The van der Waals surface area contributed by atoms with Crippen LogP contribution in [0.25, 0.3) is 11.1 Å². The number of H-pyrrole nitrogens is 1. The summed E-state index contributed by atoms with van der Waals surface area (Å²) in [6.07, 6.45) is 0. The number of hydrogen-bond acceptors (Lipinski definition) is 4. The molecule has 0 spiro atoms. The lowest BCUT2D eigenvalue weighted by atomic mass is 10.0. The molecule has 1 aromatic carbocycles. The second-order valence-electron chi connectivity index (χ2n) is 4.38. The van der Waals surface area contributed by atoms with Crippen molar-refractivity contribution < 1.29 is 9.47 Å². The molecule has 2 rings (SSSR count). The number of methoxy groups -OCH3 is 2. The largest absolute Gasteiger partial charge is 0.493 e. The van der Waals surface area contributed by atoms with Crippen LogP contribution in [-0.2, 0) is 0 Å². The maximum Gasteiger partial charge on any atom is 0.161 e. The molecule has 0 fully saturated rings. The molecule has 20 heavy (non-hydrogen) atoms. The highest BCUT2D eigenvalue weighted by Gasteiger charge is 2.15. The number of aromatic nitrogens is 2. The van der Waals surface area contributed by atoms with Gasteiger partial charge in [0.05, 0.1) is 25.7 Å². The van der Waals surface area contributed by atoms with Gasteiger partial charge in [-0.05, 0) is 31.5 Å². The average Bonchev–Trinajstić information content (AvgIpc) is 2.78. The molecule has 0 atom stereocenters. The quantitative estimate of drug-likeness (QED) is 0.591. The molecule has 0 radical (unpaired) electrons. The predicted molar refractivity (Wildman–Crippen MR) is 78.9 cm³/mol. The van der Waals surface area contributed by atoms with Crippen molar-refractivity contribution in [2.45, 2.75) is 13.8 Å². The molecule has 0 aliphatic carbocycles.